The molecule has 0 heterocycles. The van der Waals surface area contributed by atoms with Crippen LogP contribution in [-0.2, 0) is 22.1 Å². The lowest BCUT2D eigenvalue weighted by Crippen LogP contribution is -2.22. The molecule has 24 heavy (non-hydrogen) atoms. The van der Waals surface area contributed by atoms with Crippen molar-refractivity contribution in [1.29, 1.82) is 0 Å². The van der Waals surface area contributed by atoms with Crippen LogP contribution >= 0.6 is 0 Å². The summed E-state index contributed by atoms with van der Waals surface area (Å²) in [6.07, 6.45) is 1.21. The van der Waals surface area contributed by atoms with Gasteiger partial charge in [-0.15, -0.1) is 0 Å². The Labute approximate surface area is 142 Å². The van der Waals surface area contributed by atoms with Gasteiger partial charge in [0.15, 0.2) is 15.8 Å². The van der Waals surface area contributed by atoms with Gasteiger partial charge in [0.25, 0.3) is 0 Å². The fraction of sp³-hybridized carbons (Fsp3) is 0.235. The van der Waals surface area contributed by atoms with E-state index in [2.05, 4.69) is 10.3 Å². The van der Waals surface area contributed by atoms with Crippen molar-refractivity contribution in [3.8, 4) is 5.75 Å². The third-order valence-electron chi connectivity index (χ3n) is 3.32. The molecule has 0 aliphatic rings. The third-order valence-corrected chi connectivity index (χ3v) is 4.15. The number of rotatable bonds is 6. The topological polar surface area (TPSA) is 93.8 Å². The van der Waals surface area contributed by atoms with E-state index in [1.807, 2.05) is 42.5 Å². The molecule has 3 N–H and O–H groups in total. The molecule has 0 aliphatic heterocycles. The van der Waals surface area contributed by atoms with Crippen molar-refractivity contribution >= 4 is 21.5 Å². The van der Waals surface area contributed by atoms with Crippen LogP contribution in [-0.4, -0.2) is 27.7 Å². The molecule has 7 heteroatoms. The first-order valence-electron chi connectivity index (χ1n) is 7.33. The number of nitrogens with zero attached hydrogens (tertiary/aromatic N) is 1. The van der Waals surface area contributed by atoms with Gasteiger partial charge in [-0.25, -0.2) is 13.4 Å². The fourth-order valence-electron chi connectivity index (χ4n) is 2.17. The number of aliphatic imine (C=N–C) groups is 1. The molecule has 2 rings (SSSR count). The number of hydrogen-bond donors (Lipinski definition) is 2. The van der Waals surface area contributed by atoms with Gasteiger partial charge in [0.2, 0.25) is 0 Å². The molecule has 0 saturated carbocycles. The minimum Gasteiger partial charge on any atom is -0.497 e. The highest BCUT2D eigenvalue weighted by Crippen LogP contribution is 2.15. The van der Waals surface area contributed by atoms with Gasteiger partial charge in [0.05, 0.1) is 19.4 Å². The summed E-state index contributed by atoms with van der Waals surface area (Å²) in [5, 5.41) is 2.99. The number of anilines is 1. The van der Waals surface area contributed by atoms with Crippen LogP contribution in [0, 0.1) is 0 Å². The molecular weight excluding hydrogens is 326 g/mol. The molecule has 0 fully saturated rings. The Morgan fingerprint density at radius 3 is 2.33 bits per heavy atom. The van der Waals surface area contributed by atoms with Gasteiger partial charge in [-0.3, -0.25) is 0 Å². The molecule has 0 bridgehead atoms. The summed E-state index contributed by atoms with van der Waals surface area (Å²) in [4.78, 5) is 4.28. The standard InChI is InChI=1S/C17H21N3O3S/c1-23-16-9-7-15(8-10-16)20-17(18)19-11-13-5-3-4-6-14(13)12-24(2,21)22/h3-10H,11-12H2,1-2H3,(H3,18,19,20). The van der Waals surface area contributed by atoms with E-state index in [9.17, 15) is 8.42 Å². The highest BCUT2D eigenvalue weighted by molar-refractivity contribution is 7.89. The lowest BCUT2D eigenvalue weighted by Gasteiger charge is -2.09. The number of methoxy groups -OCH3 is 1. The third kappa shape index (κ3) is 5.58. The van der Waals surface area contributed by atoms with E-state index in [1.165, 1.54) is 6.26 Å². The molecule has 0 amide bonds. The zero-order valence-corrected chi connectivity index (χ0v) is 14.5. The number of hydrogen-bond acceptors (Lipinski definition) is 4. The lowest BCUT2D eigenvalue weighted by atomic mass is 10.1. The molecule has 0 aliphatic carbocycles. The number of nitrogens with one attached hydrogen (secondary N) is 1. The van der Waals surface area contributed by atoms with Gasteiger partial charge in [0, 0.05) is 11.9 Å². The van der Waals surface area contributed by atoms with Gasteiger partial charge in [-0.05, 0) is 35.4 Å². The maximum absolute atomic E-state index is 11.5. The van der Waals surface area contributed by atoms with Gasteiger partial charge in [0.1, 0.15) is 5.75 Å². The number of ether oxygens (including phenoxy) is 1. The van der Waals surface area contributed by atoms with Gasteiger partial charge >= 0.3 is 0 Å². The highest BCUT2D eigenvalue weighted by atomic mass is 32.2. The SMILES string of the molecule is COc1ccc(NC(N)=NCc2ccccc2CS(C)(=O)=O)cc1. The molecule has 2 aromatic carbocycles. The first-order valence-corrected chi connectivity index (χ1v) is 9.39. The van der Waals surface area contributed by atoms with Gasteiger partial charge < -0.3 is 15.8 Å². The van der Waals surface area contributed by atoms with Crippen LogP contribution in [0.4, 0.5) is 5.69 Å². The quantitative estimate of drug-likeness (QED) is 0.617. The van der Waals surface area contributed by atoms with Crippen LogP contribution in [0.25, 0.3) is 0 Å². The zero-order valence-electron chi connectivity index (χ0n) is 13.7. The summed E-state index contributed by atoms with van der Waals surface area (Å²) in [6, 6.07) is 14.6. The molecule has 0 radical (unpaired) electrons. The van der Waals surface area contributed by atoms with E-state index in [0.717, 1.165) is 22.6 Å². The number of benzene rings is 2. The van der Waals surface area contributed by atoms with Crippen molar-refractivity contribution in [1.82, 2.24) is 0 Å². The Morgan fingerprint density at radius 1 is 1.12 bits per heavy atom. The number of guanidine groups is 1. The van der Waals surface area contributed by atoms with E-state index >= 15 is 0 Å². The minimum atomic E-state index is -3.10. The molecular formula is C17H21N3O3S. The van der Waals surface area contributed by atoms with E-state index in [-0.39, 0.29) is 11.7 Å². The van der Waals surface area contributed by atoms with Gasteiger partial charge in [-0.2, -0.15) is 0 Å². The predicted octanol–water partition coefficient (Wildman–Crippen LogP) is 2.17. The van der Waals surface area contributed by atoms with E-state index < -0.39 is 9.84 Å². The molecule has 0 saturated heterocycles. The Morgan fingerprint density at radius 2 is 1.75 bits per heavy atom. The number of sulfone groups is 1. The van der Waals surface area contributed by atoms with Crippen molar-refractivity contribution in [2.75, 3.05) is 18.7 Å². The van der Waals surface area contributed by atoms with Crippen molar-refractivity contribution in [2.45, 2.75) is 12.3 Å². The highest BCUT2D eigenvalue weighted by Gasteiger charge is 2.08. The monoisotopic (exact) mass is 347 g/mol. The molecule has 0 spiro atoms. The molecule has 0 unspecified atom stereocenters. The maximum Gasteiger partial charge on any atom is 0.193 e. The van der Waals surface area contributed by atoms with Crippen molar-refractivity contribution in [2.24, 2.45) is 10.7 Å². The smallest absolute Gasteiger partial charge is 0.193 e. The summed E-state index contributed by atoms with van der Waals surface area (Å²) >= 11 is 0. The molecule has 128 valence electrons. The van der Waals surface area contributed by atoms with Crippen LogP contribution in [0.15, 0.2) is 53.5 Å². The average Bonchev–Trinajstić information content (AvgIpc) is 2.53. The van der Waals surface area contributed by atoms with Crippen LogP contribution in [0.3, 0.4) is 0 Å². The fourth-order valence-corrected chi connectivity index (χ4v) is 3.01. The summed E-state index contributed by atoms with van der Waals surface area (Å²) in [6.45, 7) is 0.306. The summed E-state index contributed by atoms with van der Waals surface area (Å²) in [5.41, 5.74) is 8.26. The molecule has 6 nitrogen and oxygen atoms in total. The predicted molar refractivity (Wildman–Crippen MR) is 96.9 cm³/mol. The second kappa shape index (κ2) is 7.83. The van der Waals surface area contributed by atoms with E-state index in [0.29, 0.717) is 6.54 Å². The van der Waals surface area contributed by atoms with Crippen LogP contribution in [0.2, 0.25) is 0 Å². The summed E-state index contributed by atoms with van der Waals surface area (Å²) in [5.74, 6) is 1.00. The first kappa shape index (κ1) is 17.8. The Balaban J connectivity index is 2.06. The summed E-state index contributed by atoms with van der Waals surface area (Å²) in [7, 11) is -1.50. The second-order valence-electron chi connectivity index (χ2n) is 5.39. The van der Waals surface area contributed by atoms with Crippen LogP contribution in [0.1, 0.15) is 11.1 Å². The number of nitrogens with two attached hydrogens (primary N) is 1. The Kier molecular flexibility index (Phi) is 5.81. The van der Waals surface area contributed by atoms with Crippen LogP contribution in [0.5, 0.6) is 5.75 Å². The Bertz CT molecular complexity index is 815. The molecule has 0 atom stereocenters. The molecule has 2 aromatic rings. The normalized spacial score (nSPS) is 12.0. The average molecular weight is 347 g/mol. The Hall–Kier alpha value is -2.54. The van der Waals surface area contributed by atoms with E-state index in [4.69, 9.17) is 10.5 Å². The first-order chi connectivity index (χ1) is 11.4. The van der Waals surface area contributed by atoms with Crippen LogP contribution < -0.4 is 15.8 Å². The lowest BCUT2D eigenvalue weighted by molar-refractivity contribution is 0.415. The minimum absolute atomic E-state index is 0.00942. The van der Waals surface area contributed by atoms with Crippen molar-refractivity contribution < 1.29 is 13.2 Å². The van der Waals surface area contributed by atoms with Gasteiger partial charge in [-0.1, -0.05) is 24.3 Å². The van der Waals surface area contributed by atoms with Crippen molar-refractivity contribution in [3.63, 3.8) is 0 Å². The van der Waals surface area contributed by atoms with E-state index in [1.54, 1.807) is 13.2 Å². The maximum atomic E-state index is 11.5. The van der Waals surface area contributed by atoms with Crippen molar-refractivity contribution in [3.05, 3.63) is 59.7 Å². The zero-order chi connectivity index (χ0) is 17.6. The second-order valence-corrected chi connectivity index (χ2v) is 7.53. The summed E-state index contributed by atoms with van der Waals surface area (Å²) < 4.78 is 28.1. The largest absolute Gasteiger partial charge is 0.497 e. The molecule has 0 aromatic heterocycles.